The number of rotatable bonds is 4. The molecule has 0 bridgehead atoms. The van der Waals surface area contributed by atoms with Crippen molar-refractivity contribution in [1.29, 1.82) is 0 Å². The van der Waals surface area contributed by atoms with Crippen LogP contribution < -0.4 is 0 Å². The summed E-state index contributed by atoms with van der Waals surface area (Å²) in [5.41, 5.74) is 1.73. The lowest BCUT2D eigenvalue weighted by Crippen LogP contribution is -2.52. The summed E-state index contributed by atoms with van der Waals surface area (Å²) in [6.45, 7) is 11.3. The van der Waals surface area contributed by atoms with Gasteiger partial charge >= 0.3 is 0 Å². The van der Waals surface area contributed by atoms with E-state index in [0.29, 0.717) is 0 Å². The molecular weight excluding hydrogens is 328 g/mol. The van der Waals surface area contributed by atoms with Crippen molar-refractivity contribution in [3.8, 4) is 0 Å². The Morgan fingerprint density at radius 2 is 2.19 bits per heavy atom. The number of carbonyl (C=O) groups excluding carboxylic acids is 1. The first-order valence-electron chi connectivity index (χ1n) is 10.2. The number of hydrogen-bond donors (Lipinski definition) is 0. The van der Waals surface area contributed by atoms with E-state index in [0.717, 1.165) is 76.1 Å². The van der Waals surface area contributed by atoms with Gasteiger partial charge in [0.1, 0.15) is 5.69 Å². The van der Waals surface area contributed by atoms with Crippen LogP contribution >= 0.6 is 0 Å². The summed E-state index contributed by atoms with van der Waals surface area (Å²) in [6.07, 6.45) is 4.99. The number of likely N-dealkylation sites (tertiary alicyclic amines) is 1. The van der Waals surface area contributed by atoms with Gasteiger partial charge in [-0.25, -0.2) is 0 Å². The Morgan fingerprint density at radius 1 is 1.35 bits per heavy atom. The molecule has 1 aromatic heterocycles. The topological polar surface area (TPSA) is 50.6 Å². The van der Waals surface area contributed by atoms with Gasteiger partial charge < -0.3 is 14.5 Å². The molecule has 1 unspecified atom stereocenters. The van der Waals surface area contributed by atoms with Crippen molar-refractivity contribution in [1.82, 2.24) is 19.6 Å². The van der Waals surface area contributed by atoms with Crippen molar-refractivity contribution in [2.45, 2.75) is 46.1 Å². The third-order valence-electron chi connectivity index (χ3n) is 6.10. The number of hydrogen-bond acceptors (Lipinski definition) is 4. The van der Waals surface area contributed by atoms with E-state index in [9.17, 15) is 4.79 Å². The number of aryl methyl sites for hydroxylation is 2. The molecule has 3 aliphatic rings. The first-order valence-corrected chi connectivity index (χ1v) is 10.2. The standard InChI is InChI=1S/C20H32N4O2/c1-3-24-18(11-16(2)21-24)19(25)23-8-4-7-20(14-23)13-22(9-10-26-15-20)12-17-5-6-17/h11,17H,3-10,12-15H2,1-2H3. The van der Waals surface area contributed by atoms with E-state index in [-0.39, 0.29) is 11.3 Å². The molecule has 1 saturated carbocycles. The second-order valence-electron chi connectivity index (χ2n) is 8.55. The van der Waals surface area contributed by atoms with Gasteiger partial charge in [-0.3, -0.25) is 9.48 Å². The quantitative estimate of drug-likeness (QED) is 0.826. The molecule has 2 saturated heterocycles. The lowest BCUT2D eigenvalue weighted by Gasteiger charge is -2.43. The predicted octanol–water partition coefficient (Wildman–Crippen LogP) is 2.18. The van der Waals surface area contributed by atoms with Gasteiger partial charge in [-0.1, -0.05) is 0 Å². The molecule has 0 N–H and O–H groups in total. The molecule has 2 aliphatic heterocycles. The lowest BCUT2D eigenvalue weighted by molar-refractivity contribution is 0.00670. The van der Waals surface area contributed by atoms with Gasteiger partial charge in [0.15, 0.2) is 0 Å². The minimum atomic E-state index is 0.0887. The highest BCUT2D eigenvalue weighted by Gasteiger charge is 2.41. The second-order valence-corrected chi connectivity index (χ2v) is 8.55. The molecule has 1 amide bonds. The van der Waals surface area contributed by atoms with E-state index in [1.54, 1.807) is 0 Å². The first kappa shape index (κ1) is 18.0. The maximum Gasteiger partial charge on any atom is 0.272 e. The van der Waals surface area contributed by atoms with Crippen LogP contribution in [-0.2, 0) is 11.3 Å². The Morgan fingerprint density at radius 3 is 2.96 bits per heavy atom. The second kappa shape index (κ2) is 7.31. The third-order valence-corrected chi connectivity index (χ3v) is 6.10. The van der Waals surface area contributed by atoms with E-state index in [1.807, 2.05) is 24.6 Å². The highest BCUT2D eigenvalue weighted by atomic mass is 16.5. The summed E-state index contributed by atoms with van der Waals surface area (Å²) in [6, 6.07) is 1.93. The Bertz CT molecular complexity index is 654. The van der Waals surface area contributed by atoms with Crippen LogP contribution in [0.5, 0.6) is 0 Å². The average Bonchev–Trinajstić information content (AvgIpc) is 3.40. The van der Waals surface area contributed by atoms with Crippen LogP contribution in [0, 0.1) is 18.3 Å². The van der Waals surface area contributed by atoms with E-state index >= 15 is 0 Å². The smallest absolute Gasteiger partial charge is 0.272 e. The van der Waals surface area contributed by atoms with Crippen molar-refractivity contribution < 1.29 is 9.53 Å². The molecule has 1 atom stereocenters. The number of aromatic nitrogens is 2. The zero-order valence-corrected chi connectivity index (χ0v) is 16.2. The van der Waals surface area contributed by atoms with Gasteiger partial charge in [0.05, 0.1) is 18.9 Å². The van der Waals surface area contributed by atoms with Crippen LogP contribution in [0.3, 0.4) is 0 Å². The highest BCUT2D eigenvalue weighted by molar-refractivity contribution is 5.92. The SMILES string of the molecule is CCn1nc(C)cc1C(=O)N1CCCC2(COCCN(CC3CC3)C2)C1. The third kappa shape index (κ3) is 3.81. The molecule has 4 rings (SSSR count). The van der Waals surface area contributed by atoms with Gasteiger partial charge in [-0.2, -0.15) is 5.10 Å². The fraction of sp³-hybridized carbons (Fsp3) is 0.800. The van der Waals surface area contributed by atoms with Gasteiger partial charge in [0, 0.05) is 44.7 Å². The van der Waals surface area contributed by atoms with Crippen molar-refractivity contribution >= 4 is 5.91 Å². The summed E-state index contributed by atoms with van der Waals surface area (Å²) < 4.78 is 7.84. The van der Waals surface area contributed by atoms with Crippen LogP contribution in [0.1, 0.15) is 48.8 Å². The molecule has 0 aromatic carbocycles. The number of amides is 1. The molecule has 1 aliphatic carbocycles. The van der Waals surface area contributed by atoms with E-state index < -0.39 is 0 Å². The molecular formula is C20H32N4O2. The molecule has 1 spiro atoms. The molecule has 6 heteroatoms. The molecule has 1 aromatic rings. The maximum absolute atomic E-state index is 13.2. The molecule has 0 radical (unpaired) electrons. The summed E-state index contributed by atoms with van der Waals surface area (Å²) in [5, 5.41) is 4.45. The summed E-state index contributed by atoms with van der Waals surface area (Å²) in [5.74, 6) is 1.03. The average molecular weight is 361 g/mol. The number of piperidine rings is 1. The molecule has 6 nitrogen and oxygen atoms in total. The van der Waals surface area contributed by atoms with Crippen molar-refractivity contribution in [2.75, 3.05) is 45.9 Å². The summed E-state index contributed by atoms with van der Waals surface area (Å²) in [4.78, 5) is 17.8. The number of nitrogens with zero attached hydrogens (tertiary/aromatic N) is 4. The van der Waals surface area contributed by atoms with Crippen LogP contribution in [0.2, 0.25) is 0 Å². The van der Waals surface area contributed by atoms with Gasteiger partial charge in [0.2, 0.25) is 0 Å². The van der Waals surface area contributed by atoms with Crippen LogP contribution in [0.25, 0.3) is 0 Å². The van der Waals surface area contributed by atoms with Gasteiger partial charge in [0.25, 0.3) is 5.91 Å². The Hall–Kier alpha value is -1.40. The molecule has 144 valence electrons. The summed E-state index contributed by atoms with van der Waals surface area (Å²) >= 11 is 0. The predicted molar refractivity (Wildman–Crippen MR) is 100 cm³/mol. The van der Waals surface area contributed by atoms with E-state index in [2.05, 4.69) is 14.9 Å². The Kier molecular flexibility index (Phi) is 5.06. The van der Waals surface area contributed by atoms with Gasteiger partial charge in [-0.15, -0.1) is 0 Å². The molecule has 26 heavy (non-hydrogen) atoms. The van der Waals surface area contributed by atoms with Crippen molar-refractivity contribution in [2.24, 2.45) is 11.3 Å². The Balaban J connectivity index is 1.49. The minimum absolute atomic E-state index is 0.0887. The van der Waals surface area contributed by atoms with E-state index in [1.165, 1.54) is 19.4 Å². The fourth-order valence-corrected chi connectivity index (χ4v) is 4.65. The largest absolute Gasteiger partial charge is 0.379 e. The zero-order valence-electron chi connectivity index (χ0n) is 16.2. The van der Waals surface area contributed by atoms with Gasteiger partial charge in [-0.05, 0) is 51.5 Å². The number of carbonyl (C=O) groups is 1. The van der Waals surface area contributed by atoms with Crippen molar-refractivity contribution in [3.05, 3.63) is 17.5 Å². The maximum atomic E-state index is 13.2. The zero-order chi connectivity index (χ0) is 18.1. The molecule has 3 fully saturated rings. The molecule has 3 heterocycles. The first-order chi connectivity index (χ1) is 12.6. The minimum Gasteiger partial charge on any atom is -0.379 e. The monoisotopic (exact) mass is 360 g/mol. The normalized spacial score (nSPS) is 27.7. The fourth-order valence-electron chi connectivity index (χ4n) is 4.65. The highest BCUT2D eigenvalue weighted by Crippen LogP contribution is 2.36. The van der Waals surface area contributed by atoms with Crippen LogP contribution in [-0.4, -0.2) is 71.4 Å². The van der Waals surface area contributed by atoms with E-state index in [4.69, 9.17) is 4.74 Å². The Labute approximate surface area is 156 Å². The van der Waals surface area contributed by atoms with Crippen LogP contribution in [0.4, 0.5) is 0 Å². The van der Waals surface area contributed by atoms with Crippen LogP contribution in [0.15, 0.2) is 6.07 Å². The van der Waals surface area contributed by atoms with Crippen molar-refractivity contribution in [3.63, 3.8) is 0 Å². The number of ether oxygens (including phenoxy) is 1. The lowest BCUT2D eigenvalue weighted by atomic mass is 9.80. The summed E-state index contributed by atoms with van der Waals surface area (Å²) in [7, 11) is 0.